The smallest absolute Gasteiger partial charge is 0.264 e. The van der Waals surface area contributed by atoms with E-state index in [4.69, 9.17) is 9.92 Å². The number of halogens is 1. The van der Waals surface area contributed by atoms with E-state index in [1.165, 1.54) is 6.33 Å². The number of hydrogen-bond donors (Lipinski definition) is 2. The van der Waals surface area contributed by atoms with Crippen LogP contribution < -0.4 is 11.1 Å². The Kier molecular flexibility index (Phi) is 6.34. The summed E-state index contributed by atoms with van der Waals surface area (Å²) in [4.78, 5) is 22.0. The number of piperazine rings is 1. The predicted octanol–water partition coefficient (Wildman–Crippen LogP) is -0.0896. The van der Waals surface area contributed by atoms with Gasteiger partial charge in [-0.2, -0.15) is 8.42 Å². The van der Waals surface area contributed by atoms with Gasteiger partial charge in [0, 0.05) is 18.5 Å². The molecule has 1 amide bonds. The predicted molar refractivity (Wildman–Crippen MR) is 99.2 cm³/mol. The Balaban J connectivity index is 0.00000243. The van der Waals surface area contributed by atoms with E-state index >= 15 is 0 Å². The van der Waals surface area contributed by atoms with Gasteiger partial charge in [0.1, 0.15) is 12.1 Å². The van der Waals surface area contributed by atoms with Gasteiger partial charge in [-0.15, -0.1) is 12.4 Å². The van der Waals surface area contributed by atoms with Crippen LogP contribution in [0, 0.1) is 0 Å². The van der Waals surface area contributed by atoms with E-state index in [9.17, 15) is 13.2 Å². The van der Waals surface area contributed by atoms with E-state index < -0.39 is 10.1 Å². The number of nitrogens with one attached hydrogen (secondary N) is 1. The summed E-state index contributed by atoms with van der Waals surface area (Å²) >= 11 is 0. The Morgan fingerprint density at radius 2 is 2.15 bits per heavy atom. The second-order valence-corrected chi connectivity index (χ2v) is 7.55. The molecule has 1 aromatic carbocycles. The molecule has 0 unspecified atom stereocenters. The fraction of sp³-hybridized carbons (Fsp3) is 0.400. The van der Waals surface area contributed by atoms with Crippen LogP contribution in [0.25, 0.3) is 10.9 Å². The van der Waals surface area contributed by atoms with Crippen LogP contribution in [0.2, 0.25) is 0 Å². The molecule has 1 fully saturated rings. The van der Waals surface area contributed by atoms with Crippen molar-refractivity contribution in [3.8, 4) is 0 Å². The van der Waals surface area contributed by atoms with Gasteiger partial charge in [-0.25, -0.2) is 9.97 Å². The average Bonchev–Trinajstić information content (AvgIpc) is 2.55. The fourth-order valence-corrected chi connectivity index (χ4v) is 3.15. The zero-order valence-corrected chi connectivity index (χ0v) is 15.7. The molecule has 2 aromatic rings. The average molecular weight is 402 g/mol. The number of aromatic nitrogens is 2. The summed E-state index contributed by atoms with van der Waals surface area (Å²) in [6.45, 7) is 0.917. The van der Waals surface area contributed by atoms with Gasteiger partial charge < -0.3 is 16.0 Å². The molecule has 0 spiro atoms. The van der Waals surface area contributed by atoms with Crippen molar-refractivity contribution in [3.63, 3.8) is 0 Å². The number of hydrogen-bond acceptors (Lipinski definition) is 8. The Morgan fingerprint density at radius 1 is 1.38 bits per heavy atom. The van der Waals surface area contributed by atoms with Crippen molar-refractivity contribution in [1.82, 2.24) is 20.2 Å². The highest BCUT2D eigenvalue weighted by molar-refractivity contribution is 7.85. The molecule has 26 heavy (non-hydrogen) atoms. The summed E-state index contributed by atoms with van der Waals surface area (Å²) in [5.74, 6) is 0.282. The summed E-state index contributed by atoms with van der Waals surface area (Å²) in [7, 11) is -3.57. The van der Waals surface area contributed by atoms with Crippen molar-refractivity contribution in [2.75, 3.05) is 31.7 Å². The van der Waals surface area contributed by atoms with Gasteiger partial charge >= 0.3 is 0 Å². The minimum atomic E-state index is -3.57. The third-order valence-corrected chi connectivity index (χ3v) is 4.54. The first-order chi connectivity index (χ1) is 11.8. The third kappa shape index (κ3) is 4.79. The lowest BCUT2D eigenvalue weighted by Crippen LogP contribution is -2.56. The minimum Gasteiger partial charge on any atom is -0.383 e. The van der Waals surface area contributed by atoms with Crippen LogP contribution in [0.1, 0.15) is 5.56 Å². The lowest BCUT2D eigenvalue weighted by Gasteiger charge is -2.35. The summed E-state index contributed by atoms with van der Waals surface area (Å²) in [5.41, 5.74) is 7.37. The van der Waals surface area contributed by atoms with Gasteiger partial charge in [0.05, 0.1) is 31.0 Å². The Morgan fingerprint density at radius 3 is 2.88 bits per heavy atom. The monoisotopic (exact) mass is 401 g/mol. The lowest BCUT2D eigenvalue weighted by molar-refractivity contribution is -0.136. The van der Waals surface area contributed by atoms with Gasteiger partial charge in [-0.3, -0.25) is 8.98 Å². The first-order valence-corrected chi connectivity index (χ1v) is 9.49. The standard InChI is InChI=1S/C15H19N5O4S.ClH/c1-25(22,23)24-8-11-5-17-6-14(21)20(11)7-10-2-3-12-13(4-10)18-9-19-15(12)16;/h2-4,9,11,17H,5-8H2,1H3,(H2,16,18,19);1H/t11-;/m1./s1. The molecule has 1 aliphatic heterocycles. The van der Waals surface area contributed by atoms with Crippen LogP contribution in [0.3, 0.4) is 0 Å². The largest absolute Gasteiger partial charge is 0.383 e. The van der Waals surface area contributed by atoms with E-state index in [-0.39, 0.29) is 37.5 Å². The first kappa shape index (κ1) is 20.3. The number of nitrogens with zero attached hydrogens (tertiary/aromatic N) is 3. The van der Waals surface area contributed by atoms with E-state index in [0.717, 1.165) is 17.2 Å². The fourth-order valence-electron chi connectivity index (χ4n) is 2.75. The minimum absolute atomic E-state index is 0. The summed E-state index contributed by atoms with van der Waals surface area (Å²) in [5, 5.41) is 3.72. The normalized spacial score (nSPS) is 18.0. The topological polar surface area (TPSA) is 128 Å². The highest BCUT2D eigenvalue weighted by atomic mass is 35.5. The number of benzene rings is 1. The second kappa shape index (κ2) is 8.12. The summed E-state index contributed by atoms with van der Waals surface area (Å²) < 4.78 is 27.3. The first-order valence-electron chi connectivity index (χ1n) is 7.67. The Hall–Kier alpha value is -2.01. The lowest BCUT2D eigenvalue weighted by atomic mass is 10.1. The molecular weight excluding hydrogens is 382 g/mol. The molecule has 0 saturated carbocycles. The van der Waals surface area contributed by atoms with Crippen LogP contribution in [0.5, 0.6) is 0 Å². The van der Waals surface area contributed by atoms with Gasteiger partial charge in [-0.1, -0.05) is 6.07 Å². The van der Waals surface area contributed by atoms with Crippen molar-refractivity contribution in [2.24, 2.45) is 0 Å². The maximum Gasteiger partial charge on any atom is 0.264 e. The molecule has 2 heterocycles. The molecule has 1 aromatic heterocycles. The summed E-state index contributed by atoms with van der Waals surface area (Å²) in [6, 6.07) is 5.14. The molecule has 1 aliphatic rings. The highest BCUT2D eigenvalue weighted by Crippen LogP contribution is 2.20. The number of nitrogens with two attached hydrogens (primary N) is 1. The van der Waals surface area contributed by atoms with Crippen LogP contribution in [0.4, 0.5) is 5.82 Å². The van der Waals surface area contributed by atoms with E-state index in [2.05, 4.69) is 15.3 Å². The van der Waals surface area contributed by atoms with Gasteiger partial charge in [-0.05, 0) is 17.7 Å². The zero-order valence-electron chi connectivity index (χ0n) is 14.1. The quantitative estimate of drug-likeness (QED) is 0.665. The third-order valence-electron chi connectivity index (χ3n) is 3.98. The molecule has 1 atom stereocenters. The molecule has 9 nitrogen and oxygen atoms in total. The number of carbonyl (C=O) groups excluding carboxylic acids is 1. The molecule has 3 rings (SSSR count). The van der Waals surface area contributed by atoms with Crippen molar-refractivity contribution in [3.05, 3.63) is 30.1 Å². The van der Waals surface area contributed by atoms with Crippen LogP contribution >= 0.6 is 12.4 Å². The Labute approximate surface area is 157 Å². The van der Waals surface area contributed by atoms with Gasteiger partial charge in [0.2, 0.25) is 5.91 Å². The summed E-state index contributed by atoms with van der Waals surface area (Å²) in [6.07, 6.45) is 2.38. The van der Waals surface area contributed by atoms with Gasteiger partial charge in [0.25, 0.3) is 10.1 Å². The number of anilines is 1. The molecule has 3 N–H and O–H groups in total. The van der Waals surface area contributed by atoms with Crippen LogP contribution in [-0.4, -0.2) is 61.2 Å². The van der Waals surface area contributed by atoms with Gasteiger partial charge in [0.15, 0.2) is 0 Å². The highest BCUT2D eigenvalue weighted by Gasteiger charge is 2.29. The van der Waals surface area contributed by atoms with Crippen molar-refractivity contribution >= 4 is 45.2 Å². The maximum absolute atomic E-state index is 12.3. The Bertz CT molecular complexity index is 908. The molecule has 142 valence electrons. The number of amides is 1. The zero-order chi connectivity index (χ0) is 18.0. The number of rotatable bonds is 5. The molecule has 0 bridgehead atoms. The SMILES string of the molecule is CS(=O)(=O)OC[C@H]1CNCC(=O)N1Cc1ccc2c(N)ncnc2c1.Cl. The van der Waals surface area contributed by atoms with Crippen LogP contribution in [-0.2, 0) is 25.6 Å². The molecule has 0 aliphatic carbocycles. The molecule has 0 radical (unpaired) electrons. The number of fused-ring (bicyclic) bond motifs is 1. The molecular formula is C15H20ClN5O4S. The number of nitrogen functional groups attached to an aromatic ring is 1. The number of carbonyl (C=O) groups is 1. The molecule has 11 heteroatoms. The van der Waals surface area contributed by atoms with Crippen molar-refractivity contribution in [2.45, 2.75) is 12.6 Å². The maximum atomic E-state index is 12.3. The van der Waals surface area contributed by atoms with E-state index in [0.29, 0.717) is 24.4 Å². The van der Waals surface area contributed by atoms with E-state index in [1.807, 2.05) is 18.2 Å². The van der Waals surface area contributed by atoms with Crippen LogP contribution in [0.15, 0.2) is 24.5 Å². The second-order valence-electron chi connectivity index (χ2n) is 5.91. The van der Waals surface area contributed by atoms with E-state index in [1.54, 1.807) is 4.90 Å². The molecule has 1 saturated heterocycles. The van der Waals surface area contributed by atoms with Crippen molar-refractivity contribution in [1.29, 1.82) is 0 Å². The van der Waals surface area contributed by atoms with Crippen molar-refractivity contribution < 1.29 is 17.4 Å².